The number of halogens is 1. The molecule has 0 aliphatic heterocycles. The highest BCUT2D eigenvalue weighted by Gasteiger charge is 2.20. The van der Waals surface area contributed by atoms with E-state index in [9.17, 15) is 0 Å². The number of hydrogen-bond donors (Lipinski definition) is 2. The minimum atomic E-state index is 0. The van der Waals surface area contributed by atoms with Crippen LogP contribution in [-0.2, 0) is 0 Å². The fraction of sp³-hybridized carbons (Fsp3) is 0.607. The fourth-order valence-electron chi connectivity index (χ4n) is 4.47. The van der Waals surface area contributed by atoms with E-state index in [4.69, 9.17) is 10.1 Å². The lowest BCUT2D eigenvalue weighted by molar-refractivity contribution is -0.806. The highest BCUT2D eigenvalue weighted by molar-refractivity contribution is 6.06. The second-order valence-electron chi connectivity index (χ2n) is 8.88. The van der Waals surface area contributed by atoms with Crippen molar-refractivity contribution in [1.29, 1.82) is 5.41 Å². The molecule has 4 heteroatoms. The van der Waals surface area contributed by atoms with Crippen LogP contribution in [0.5, 0.6) is 5.75 Å². The summed E-state index contributed by atoms with van der Waals surface area (Å²) < 4.78 is 5.57. The zero-order valence-electron chi connectivity index (χ0n) is 20.6. The van der Waals surface area contributed by atoms with E-state index in [1.54, 1.807) is 7.11 Å². The first kappa shape index (κ1) is 28.5. The van der Waals surface area contributed by atoms with Gasteiger partial charge in [-0.1, -0.05) is 89.5 Å². The van der Waals surface area contributed by atoms with Crippen LogP contribution in [0.1, 0.15) is 96.5 Å². The number of benzene rings is 2. The summed E-state index contributed by atoms with van der Waals surface area (Å²) in [4.78, 5) is 1.35. The van der Waals surface area contributed by atoms with Crippen LogP contribution in [0.3, 0.4) is 0 Å². The van der Waals surface area contributed by atoms with Gasteiger partial charge in [-0.25, -0.2) is 0 Å². The summed E-state index contributed by atoms with van der Waals surface area (Å²) in [5.41, 5.74) is 1.06. The van der Waals surface area contributed by atoms with Gasteiger partial charge in [-0.15, -0.1) is 0 Å². The standard InChI is InChI=1S/C28H44N2O.ClH/c1-4-6-8-10-12-16-22-30(23-17-13-11-9-7-5-2)28(29)26-20-21-27(31-3)25-19-15-14-18-24(25)26;/h14-15,18-21,29H,4-13,16-17,22-23H2,1-3H3;1H. The molecule has 0 bridgehead atoms. The first-order valence-electron chi connectivity index (χ1n) is 12.7. The molecule has 0 fully saturated rings. The monoisotopic (exact) mass is 460 g/mol. The zero-order valence-corrected chi connectivity index (χ0v) is 21.4. The van der Waals surface area contributed by atoms with E-state index in [0.717, 1.165) is 41.0 Å². The van der Waals surface area contributed by atoms with Gasteiger partial charge >= 0.3 is 0 Å². The van der Waals surface area contributed by atoms with E-state index in [1.165, 1.54) is 81.9 Å². The van der Waals surface area contributed by atoms with Crippen molar-refractivity contribution in [3.05, 3.63) is 42.0 Å². The van der Waals surface area contributed by atoms with E-state index in [1.807, 2.05) is 6.07 Å². The van der Waals surface area contributed by atoms with Crippen molar-refractivity contribution in [2.24, 2.45) is 0 Å². The summed E-state index contributed by atoms with van der Waals surface area (Å²) in [6.07, 6.45) is 15.7. The molecule has 2 aromatic rings. The van der Waals surface area contributed by atoms with E-state index < -0.39 is 0 Å². The van der Waals surface area contributed by atoms with Crippen molar-refractivity contribution < 1.29 is 22.0 Å². The van der Waals surface area contributed by atoms with Crippen LogP contribution in [0, 0.1) is 5.41 Å². The van der Waals surface area contributed by atoms with Crippen molar-refractivity contribution in [2.75, 3.05) is 20.2 Å². The molecule has 0 radical (unpaired) electrons. The Morgan fingerprint density at radius 2 is 1.22 bits per heavy atom. The van der Waals surface area contributed by atoms with Crippen LogP contribution in [0.4, 0.5) is 0 Å². The molecule has 0 unspecified atom stereocenters. The Balaban J connectivity index is 0.00000512. The third kappa shape index (κ3) is 9.11. The summed E-state index contributed by atoms with van der Waals surface area (Å²) in [6, 6.07) is 12.5. The topological polar surface area (TPSA) is 37.5 Å². The van der Waals surface area contributed by atoms with Crippen LogP contribution < -0.4 is 22.0 Å². The minimum Gasteiger partial charge on any atom is -1.00 e. The Morgan fingerprint density at radius 1 is 0.719 bits per heavy atom. The van der Waals surface area contributed by atoms with Gasteiger partial charge in [0.05, 0.1) is 25.8 Å². The molecule has 0 aliphatic carbocycles. The Morgan fingerprint density at radius 3 is 1.75 bits per heavy atom. The van der Waals surface area contributed by atoms with E-state index in [0.29, 0.717) is 0 Å². The number of methoxy groups -OCH3 is 1. The van der Waals surface area contributed by atoms with Gasteiger partial charge in [-0.2, -0.15) is 0 Å². The van der Waals surface area contributed by atoms with E-state index in [2.05, 4.69) is 44.2 Å². The molecule has 32 heavy (non-hydrogen) atoms. The molecule has 0 heterocycles. The molecule has 3 nitrogen and oxygen atoms in total. The Kier molecular flexibility index (Phi) is 15.1. The lowest BCUT2D eigenvalue weighted by Crippen LogP contribution is -3.14. The van der Waals surface area contributed by atoms with Crippen molar-refractivity contribution in [1.82, 2.24) is 0 Å². The van der Waals surface area contributed by atoms with Gasteiger partial charge in [0.1, 0.15) is 5.75 Å². The molecule has 0 amide bonds. The van der Waals surface area contributed by atoms with Crippen molar-refractivity contribution in [3.8, 4) is 5.75 Å². The predicted octanol–water partition coefficient (Wildman–Crippen LogP) is 3.78. The Labute approximate surface area is 202 Å². The first-order valence-corrected chi connectivity index (χ1v) is 12.7. The molecule has 180 valence electrons. The molecule has 0 spiro atoms. The number of hydrogen-bond acceptors (Lipinski definition) is 2. The smallest absolute Gasteiger partial charge is 0.226 e. The Bertz CT molecular complexity index is 761. The molecule has 2 aromatic carbocycles. The molecule has 0 saturated carbocycles. The van der Waals surface area contributed by atoms with Gasteiger partial charge < -0.3 is 17.1 Å². The minimum absolute atomic E-state index is 0. The normalized spacial score (nSPS) is 11.0. The number of fused-ring (bicyclic) bond motifs is 1. The van der Waals surface area contributed by atoms with Crippen molar-refractivity contribution in [3.63, 3.8) is 0 Å². The molecule has 0 aliphatic rings. The molecular formula is C28H45ClN2O. The lowest BCUT2D eigenvalue weighted by atomic mass is 10.0. The van der Waals surface area contributed by atoms with Crippen molar-refractivity contribution >= 4 is 16.6 Å². The van der Waals surface area contributed by atoms with E-state index >= 15 is 0 Å². The maximum absolute atomic E-state index is 9.11. The van der Waals surface area contributed by atoms with Gasteiger partial charge in [-0.3, -0.25) is 10.3 Å². The number of amidine groups is 1. The average Bonchev–Trinajstić information content (AvgIpc) is 2.81. The third-order valence-electron chi connectivity index (χ3n) is 6.39. The lowest BCUT2D eigenvalue weighted by Gasteiger charge is -2.21. The molecule has 2 N–H and O–H groups in total. The SMILES string of the molecule is CCCCCCCC[NH+](CCCCCCCC)C(=N)c1ccc(OC)c2ccccc12.[Cl-]. The zero-order chi connectivity index (χ0) is 22.3. The van der Waals surface area contributed by atoms with Gasteiger partial charge in [0.2, 0.25) is 5.84 Å². The number of quaternary nitrogens is 1. The van der Waals surface area contributed by atoms with Crippen LogP contribution in [0.2, 0.25) is 0 Å². The number of ether oxygens (including phenoxy) is 1. The summed E-state index contributed by atoms with van der Waals surface area (Å²) in [7, 11) is 1.72. The van der Waals surface area contributed by atoms with Crippen LogP contribution in [-0.4, -0.2) is 26.0 Å². The molecule has 0 saturated heterocycles. The number of rotatable bonds is 16. The maximum atomic E-state index is 9.11. The maximum Gasteiger partial charge on any atom is 0.226 e. The largest absolute Gasteiger partial charge is 1.00 e. The molecule has 0 atom stereocenters. The van der Waals surface area contributed by atoms with Gasteiger partial charge in [-0.05, 0) is 37.8 Å². The van der Waals surface area contributed by atoms with Crippen LogP contribution in [0.25, 0.3) is 10.8 Å². The predicted molar refractivity (Wildman–Crippen MR) is 135 cm³/mol. The number of unbranched alkanes of at least 4 members (excludes halogenated alkanes) is 10. The third-order valence-corrected chi connectivity index (χ3v) is 6.39. The van der Waals surface area contributed by atoms with Gasteiger partial charge in [0.25, 0.3) is 0 Å². The second-order valence-corrected chi connectivity index (χ2v) is 8.88. The summed E-state index contributed by atoms with van der Waals surface area (Å²) in [5.74, 6) is 1.64. The molecule has 2 rings (SSSR count). The van der Waals surface area contributed by atoms with Gasteiger partial charge in [0, 0.05) is 10.8 Å². The van der Waals surface area contributed by atoms with Gasteiger partial charge in [0.15, 0.2) is 0 Å². The fourth-order valence-corrected chi connectivity index (χ4v) is 4.47. The summed E-state index contributed by atoms with van der Waals surface area (Å²) >= 11 is 0. The Hall–Kier alpha value is -1.58. The second kappa shape index (κ2) is 17.0. The van der Waals surface area contributed by atoms with Crippen molar-refractivity contribution in [2.45, 2.75) is 90.9 Å². The number of nitrogens with one attached hydrogen (secondary N) is 2. The molecular weight excluding hydrogens is 416 g/mol. The summed E-state index contributed by atoms with van der Waals surface area (Å²) in [5, 5.41) is 11.3. The molecule has 0 aromatic heterocycles. The van der Waals surface area contributed by atoms with Crippen LogP contribution in [0.15, 0.2) is 36.4 Å². The van der Waals surface area contributed by atoms with E-state index in [-0.39, 0.29) is 12.4 Å². The first-order chi connectivity index (χ1) is 15.2. The van der Waals surface area contributed by atoms with Crippen LogP contribution >= 0.6 is 0 Å². The summed E-state index contributed by atoms with van der Waals surface area (Å²) in [6.45, 7) is 6.68. The average molecular weight is 461 g/mol. The highest BCUT2D eigenvalue weighted by Crippen LogP contribution is 2.28. The highest BCUT2D eigenvalue weighted by atomic mass is 35.5. The quantitative estimate of drug-likeness (QED) is 0.223.